The Balaban J connectivity index is 2.82. The van der Waals surface area contributed by atoms with Crippen LogP contribution in [0.3, 0.4) is 0 Å². The Morgan fingerprint density at radius 3 is 2.45 bits per heavy atom. The van der Waals surface area contributed by atoms with Crippen LogP contribution in [0.25, 0.3) is 0 Å². The van der Waals surface area contributed by atoms with E-state index in [0.29, 0.717) is 12.8 Å². The number of aliphatic carboxylic acids is 1. The lowest BCUT2D eigenvalue weighted by Crippen LogP contribution is -2.54. The highest BCUT2D eigenvalue weighted by atomic mass is 32.2. The first-order chi connectivity index (χ1) is 9.15. The Morgan fingerprint density at radius 2 is 2.00 bits per heavy atom. The fourth-order valence-corrected chi connectivity index (χ4v) is 3.72. The van der Waals surface area contributed by atoms with Gasteiger partial charge in [0, 0.05) is 13.1 Å². The Bertz CT molecular complexity index is 476. The Hall–Kier alpha value is -1.19. The first-order valence-electron chi connectivity index (χ1n) is 6.44. The highest BCUT2D eigenvalue weighted by molar-refractivity contribution is 7.87. The van der Waals surface area contributed by atoms with E-state index in [-0.39, 0.29) is 19.0 Å². The van der Waals surface area contributed by atoms with Crippen LogP contribution in [0.15, 0.2) is 0 Å². The number of nitrogens with two attached hydrogens (primary N) is 1. The summed E-state index contributed by atoms with van der Waals surface area (Å²) in [5.74, 6) is -2.77. The van der Waals surface area contributed by atoms with Crippen molar-refractivity contribution in [1.82, 2.24) is 9.03 Å². The highest BCUT2D eigenvalue weighted by Crippen LogP contribution is 2.19. The number of piperidine rings is 1. The zero-order valence-electron chi connectivity index (χ0n) is 11.6. The minimum Gasteiger partial charge on any atom is -0.481 e. The summed E-state index contributed by atoms with van der Waals surface area (Å²) in [6.07, 6.45) is 0.922. The Morgan fingerprint density at radius 1 is 1.40 bits per heavy atom. The third-order valence-electron chi connectivity index (χ3n) is 3.32. The summed E-state index contributed by atoms with van der Waals surface area (Å²) in [5, 5.41) is 8.96. The number of primary amides is 1. The maximum absolute atomic E-state index is 12.2. The van der Waals surface area contributed by atoms with Gasteiger partial charge in [0.05, 0.1) is 5.92 Å². The van der Waals surface area contributed by atoms with Crippen molar-refractivity contribution in [1.29, 1.82) is 0 Å². The lowest BCUT2D eigenvalue weighted by molar-refractivity contribution is -0.142. The van der Waals surface area contributed by atoms with Crippen molar-refractivity contribution in [2.75, 3.05) is 13.1 Å². The number of carboxylic acids is 1. The molecule has 1 aliphatic heterocycles. The second kappa shape index (κ2) is 6.51. The molecule has 0 spiro atoms. The molecule has 0 aromatic rings. The molecule has 1 amide bonds. The number of hydrogen-bond donors (Lipinski definition) is 3. The average molecular weight is 307 g/mol. The standard InChI is InChI=1S/C11H21N3O5S/c1-7(2)9(10(12)15)13-20(18,19)14-5-3-4-8(6-14)11(16)17/h7-9,13H,3-6H2,1-2H3,(H2,12,15)(H,16,17). The highest BCUT2D eigenvalue weighted by Gasteiger charge is 2.35. The van der Waals surface area contributed by atoms with Gasteiger partial charge in [0.15, 0.2) is 0 Å². The van der Waals surface area contributed by atoms with E-state index in [1.165, 1.54) is 0 Å². The molecule has 0 radical (unpaired) electrons. The quantitative estimate of drug-likeness (QED) is 0.587. The summed E-state index contributed by atoms with van der Waals surface area (Å²) in [5.41, 5.74) is 5.17. The molecule has 8 nitrogen and oxygen atoms in total. The number of amides is 1. The zero-order chi connectivity index (χ0) is 15.5. The van der Waals surface area contributed by atoms with Gasteiger partial charge in [0.2, 0.25) is 5.91 Å². The lowest BCUT2D eigenvalue weighted by Gasteiger charge is -2.31. The molecule has 1 heterocycles. The van der Waals surface area contributed by atoms with Gasteiger partial charge in [-0.25, -0.2) is 0 Å². The van der Waals surface area contributed by atoms with Gasteiger partial charge in [-0.3, -0.25) is 9.59 Å². The van der Waals surface area contributed by atoms with Crippen LogP contribution >= 0.6 is 0 Å². The van der Waals surface area contributed by atoms with E-state index in [9.17, 15) is 18.0 Å². The van der Waals surface area contributed by atoms with Crippen molar-refractivity contribution in [3.8, 4) is 0 Å². The molecule has 2 unspecified atom stereocenters. The summed E-state index contributed by atoms with van der Waals surface area (Å²) in [6, 6.07) is -1.01. The van der Waals surface area contributed by atoms with Crippen molar-refractivity contribution < 1.29 is 23.1 Å². The molecule has 2 atom stereocenters. The number of nitrogens with zero attached hydrogens (tertiary/aromatic N) is 1. The molecule has 0 saturated carbocycles. The molecule has 1 fully saturated rings. The molecule has 1 saturated heterocycles. The Labute approximate surface area is 118 Å². The fourth-order valence-electron chi connectivity index (χ4n) is 2.12. The van der Waals surface area contributed by atoms with Crippen LogP contribution in [-0.4, -0.2) is 48.8 Å². The lowest BCUT2D eigenvalue weighted by atomic mass is 10.0. The number of carbonyl (C=O) groups excluding carboxylic acids is 1. The largest absolute Gasteiger partial charge is 0.481 e. The van der Waals surface area contributed by atoms with Gasteiger partial charge in [-0.05, 0) is 18.8 Å². The second-order valence-electron chi connectivity index (χ2n) is 5.28. The molecule has 9 heteroatoms. The predicted octanol–water partition coefficient (Wildman–Crippen LogP) is -0.873. The van der Waals surface area contributed by atoms with Crippen LogP contribution in [0.1, 0.15) is 26.7 Å². The van der Waals surface area contributed by atoms with E-state index in [4.69, 9.17) is 10.8 Å². The van der Waals surface area contributed by atoms with Gasteiger partial charge >= 0.3 is 5.97 Å². The number of hydrogen-bond acceptors (Lipinski definition) is 4. The summed E-state index contributed by atoms with van der Waals surface area (Å²) >= 11 is 0. The SMILES string of the molecule is CC(C)C(NS(=O)(=O)N1CCCC(C(=O)O)C1)C(N)=O. The summed E-state index contributed by atoms with van der Waals surface area (Å²) < 4.78 is 27.7. The molecule has 20 heavy (non-hydrogen) atoms. The Kier molecular flexibility index (Phi) is 5.49. The van der Waals surface area contributed by atoms with Gasteiger partial charge in [-0.1, -0.05) is 13.8 Å². The van der Waals surface area contributed by atoms with E-state index in [0.717, 1.165) is 4.31 Å². The number of carboxylic acid groups (broad SMARTS) is 1. The smallest absolute Gasteiger partial charge is 0.307 e. The molecular formula is C11H21N3O5S. The first kappa shape index (κ1) is 16.9. The topological polar surface area (TPSA) is 130 Å². The minimum absolute atomic E-state index is 0.0890. The van der Waals surface area contributed by atoms with Gasteiger partial charge in [-0.15, -0.1) is 0 Å². The zero-order valence-corrected chi connectivity index (χ0v) is 12.4. The molecule has 0 bridgehead atoms. The fraction of sp³-hybridized carbons (Fsp3) is 0.818. The van der Waals surface area contributed by atoms with Crippen molar-refractivity contribution >= 4 is 22.1 Å². The van der Waals surface area contributed by atoms with Crippen LogP contribution in [0, 0.1) is 11.8 Å². The molecule has 0 aromatic carbocycles. The normalized spacial score (nSPS) is 22.6. The molecule has 1 aliphatic rings. The molecule has 1 rings (SSSR count). The van der Waals surface area contributed by atoms with Crippen LogP contribution in [0.4, 0.5) is 0 Å². The number of rotatable bonds is 6. The maximum atomic E-state index is 12.2. The molecule has 0 aliphatic carbocycles. The molecular weight excluding hydrogens is 286 g/mol. The number of carbonyl (C=O) groups is 2. The minimum atomic E-state index is -3.92. The van der Waals surface area contributed by atoms with Crippen molar-refractivity contribution in [3.05, 3.63) is 0 Å². The van der Waals surface area contributed by atoms with E-state index < -0.39 is 34.0 Å². The van der Waals surface area contributed by atoms with Crippen LogP contribution in [0.5, 0.6) is 0 Å². The monoisotopic (exact) mass is 307 g/mol. The predicted molar refractivity (Wildman–Crippen MR) is 71.8 cm³/mol. The maximum Gasteiger partial charge on any atom is 0.307 e. The van der Waals surface area contributed by atoms with E-state index in [1.54, 1.807) is 13.8 Å². The van der Waals surface area contributed by atoms with Crippen molar-refractivity contribution in [3.63, 3.8) is 0 Å². The molecule has 4 N–H and O–H groups in total. The summed E-state index contributed by atoms with van der Waals surface area (Å²) in [4.78, 5) is 22.2. The van der Waals surface area contributed by atoms with E-state index in [1.807, 2.05) is 0 Å². The number of nitrogens with one attached hydrogen (secondary N) is 1. The van der Waals surface area contributed by atoms with Gasteiger partial charge in [-0.2, -0.15) is 17.4 Å². The van der Waals surface area contributed by atoms with Gasteiger partial charge in [0.25, 0.3) is 10.2 Å². The van der Waals surface area contributed by atoms with Crippen molar-refractivity contribution in [2.24, 2.45) is 17.6 Å². The third kappa shape index (κ3) is 4.15. The molecule has 116 valence electrons. The summed E-state index contributed by atoms with van der Waals surface area (Å²) in [7, 11) is -3.92. The van der Waals surface area contributed by atoms with Crippen LogP contribution in [-0.2, 0) is 19.8 Å². The first-order valence-corrected chi connectivity index (χ1v) is 7.88. The van der Waals surface area contributed by atoms with E-state index in [2.05, 4.69) is 4.72 Å². The summed E-state index contributed by atoms with van der Waals surface area (Å²) in [6.45, 7) is 3.50. The third-order valence-corrected chi connectivity index (χ3v) is 4.89. The van der Waals surface area contributed by atoms with Crippen molar-refractivity contribution in [2.45, 2.75) is 32.7 Å². The average Bonchev–Trinajstić information content (AvgIpc) is 2.35. The van der Waals surface area contributed by atoms with E-state index >= 15 is 0 Å². The van der Waals surface area contributed by atoms with Gasteiger partial charge < -0.3 is 10.8 Å². The second-order valence-corrected chi connectivity index (χ2v) is 6.98. The van der Waals surface area contributed by atoms with Crippen LogP contribution in [0.2, 0.25) is 0 Å². The van der Waals surface area contributed by atoms with Gasteiger partial charge in [0.1, 0.15) is 6.04 Å². The molecule has 0 aromatic heterocycles. The van der Waals surface area contributed by atoms with Crippen LogP contribution < -0.4 is 10.5 Å².